The zero-order chi connectivity index (χ0) is 7.11. The Kier molecular flexibility index (Phi) is 11.5. The monoisotopic (exact) mass is 136 g/mol. The molecule has 0 rings (SSSR count). The molecular formula is C7H15LiNO. The zero-order valence-corrected chi connectivity index (χ0v) is 6.18. The number of nitrogens with zero attached hydrogens (tertiary/aromatic N) is 1. The summed E-state index contributed by atoms with van der Waals surface area (Å²) in [7, 11) is 0. The summed E-state index contributed by atoms with van der Waals surface area (Å²) in [5, 5.41) is 3.79. The number of hydrogen-bond acceptors (Lipinski definition) is 1. The third kappa shape index (κ3) is 8.07. The summed E-state index contributed by atoms with van der Waals surface area (Å²) in [5.41, 5.74) is 0. The summed E-state index contributed by atoms with van der Waals surface area (Å²) in [6.45, 7) is 4.70. The molecule has 0 aliphatic carbocycles. The SMILES string of the molecule is CCC[N]C(=O)CCC.[LiH]. The van der Waals surface area contributed by atoms with E-state index in [0.717, 1.165) is 12.8 Å². The van der Waals surface area contributed by atoms with Crippen LogP contribution in [0, 0.1) is 0 Å². The summed E-state index contributed by atoms with van der Waals surface area (Å²) >= 11 is 0. The van der Waals surface area contributed by atoms with Gasteiger partial charge in [0.05, 0.1) is 0 Å². The Labute approximate surface area is 74.9 Å². The number of carbonyl (C=O) groups excluding carboxylic acids is 1. The van der Waals surface area contributed by atoms with Gasteiger partial charge in [0.1, 0.15) is 0 Å². The molecule has 0 N–H and O–H groups in total. The van der Waals surface area contributed by atoms with Crippen LogP contribution < -0.4 is 5.32 Å². The van der Waals surface area contributed by atoms with E-state index in [4.69, 9.17) is 0 Å². The molecule has 0 aromatic rings. The quantitative estimate of drug-likeness (QED) is 0.523. The summed E-state index contributed by atoms with van der Waals surface area (Å²) in [5.74, 6) is 0.0550. The van der Waals surface area contributed by atoms with Crippen molar-refractivity contribution >= 4 is 24.8 Å². The average Bonchev–Trinajstić information content (AvgIpc) is 1.85. The van der Waals surface area contributed by atoms with Gasteiger partial charge in [-0.15, -0.1) is 0 Å². The maximum atomic E-state index is 10.6. The standard InChI is InChI=1S/C7H14NO.Li.H/c1-3-5-7(9)8-6-4-2;;/h3-6H2,1-2H3;;. The molecule has 0 bridgehead atoms. The maximum absolute atomic E-state index is 10.6. The summed E-state index contributed by atoms with van der Waals surface area (Å²) in [4.78, 5) is 10.6. The van der Waals surface area contributed by atoms with Crippen LogP contribution in [0.3, 0.4) is 0 Å². The van der Waals surface area contributed by atoms with Crippen LogP contribution in [0.2, 0.25) is 0 Å². The Morgan fingerprint density at radius 3 is 2.30 bits per heavy atom. The zero-order valence-electron chi connectivity index (χ0n) is 6.18. The Balaban J connectivity index is 0. The molecule has 1 radical (unpaired) electrons. The molecule has 55 valence electrons. The van der Waals surface area contributed by atoms with E-state index in [1.165, 1.54) is 0 Å². The van der Waals surface area contributed by atoms with Gasteiger partial charge < -0.3 is 0 Å². The van der Waals surface area contributed by atoms with Gasteiger partial charge in [-0.1, -0.05) is 13.8 Å². The molecule has 0 fully saturated rings. The molecule has 0 saturated carbocycles. The summed E-state index contributed by atoms with van der Waals surface area (Å²) in [6, 6.07) is 0. The van der Waals surface area contributed by atoms with Gasteiger partial charge in [-0.3, -0.25) is 10.1 Å². The van der Waals surface area contributed by atoms with Gasteiger partial charge in [-0.25, -0.2) is 0 Å². The molecule has 0 saturated heterocycles. The predicted molar refractivity (Wildman–Crippen MR) is 44.4 cm³/mol. The van der Waals surface area contributed by atoms with Crippen LogP contribution in [0.25, 0.3) is 0 Å². The fourth-order valence-electron chi connectivity index (χ4n) is 0.529. The Morgan fingerprint density at radius 1 is 1.30 bits per heavy atom. The Morgan fingerprint density at radius 2 is 1.90 bits per heavy atom. The second-order valence-electron chi connectivity index (χ2n) is 2.03. The molecule has 0 unspecified atom stereocenters. The summed E-state index contributed by atoms with van der Waals surface area (Å²) < 4.78 is 0. The van der Waals surface area contributed by atoms with Gasteiger partial charge in [0, 0.05) is 13.0 Å². The van der Waals surface area contributed by atoms with Crippen LogP contribution in [-0.4, -0.2) is 31.3 Å². The minimum absolute atomic E-state index is 0. The first-order valence-electron chi connectivity index (χ1n) is 3.51. The number of carbonyl (C=O) groups is 1. The molecule has 0 spiro atoms. The van der Waals surface area contributed by atoms with Crippen molar-refractivity contribution in [1.29, 1.82) is 0 Å². The molecule has 0 aromatic heterocycles. The van der Waals surface area contributed by atoms with Gasteiger partial charge in [-0.2, -0.15) is 0 Å². The van der Waals surface area contributed by atoms with E-state index in [1.807, 2.05) is 13.8 Å². The second kappa shape index (κ2) is 9.07. The van der Waals surface area contributed by atoms with E-state index in [-0.39, 0.29) is 24.8 Å². The van der Waals surface area contributed by atoms with Crippen LogP contribution >= 0.6 is 0 Å². The van der Waals surface area contributed by atoms with Crippen molar-refractivity contribution in [2.75, 3.05) is 6.54 Å². The number of amides is 1. The van der Waals surface area contributed by atoms with Crippen molar-refractivity contribution in [2.24, 2.45) is 0 Å². The first-order chi connectivity index (χ1) is 4.31. The van der Waals surface area contributed by atoms with Crippen molar-refractivity contribution in [3.63, 3.8) is 0 Å². The van der Waals surface area contributed by atoms with Crippen molar-refractivity contribution in [2.45, 2.75) is 33.1 Å². The van der Waals surface area contributed by atoms with E-state index in [2.05, 4.69) is 5.32 Å². The third-order valence-corrected chi connectivity index (χ3v) is 0.976. The van der Waals surface area contributed by atoms with Gasteiger partial charge in [0.25, 0.3) is 0 Å². The number of rotatable bonds is 4. The summed E-state index contributed by atoms with van der Waals surface area (Å²) in [6.07, 6.45) is 2.49. The van der Waals surface area contributed by atoms with Crippen LogP contribution in [0.5, 0.6) is 0 Å². The molecule has 3 heteroatoms. The van der Waals surface area contributed by atoms with E-state index >= 15 is 0 Å². The van der Waals surface area contributed by atoms with Gasteiger partial charge in [-0.05, 0) is 12.8 Å². The molecule has 0 aliphatic heterocycles. The molecule has 0 heterocycles. The topological polar surface area (TPSA) is 31.2 Å². The Hall–Kier alpha value is 0.0674. The normalized spacial score (nSPS) is 8.20. The van der Waals surface area contributed by atoms with Crippen LogP contribution in [-0.2, 0) is 4.79 Å². The molecule has 2 nitrogen and oxygen atoms in total. The fraction of sp³-hybridized carbons (Fsp3) is 0.857. The van der Waals surface area contributed by atoms with Crippen LogP contribution in [0.4, 0.5) is 0 Å². The van der Waals surface area contributed by atoms with Crippen molar-refractivity contribution < 1.29 is 4.79 Å². The van der Waals surface area contributed by atoms with Gasteiger partial charge >= 0.3 is 18.9 Å². The van der Waals surface area contributed by atoms with Crippen LogP contribution in [0.1, 0.15) is 33.1 Å². The predicted octanol–water partition coefficient (Wildman–Crippen LogP) is 0.679. The fourth-order valence-corrected chi connectivity index (χ4v) is 0.529. The molecular weight excluding hydrogens is 121 g/mol. The minimum atomic E-state index is 0. The Bertz CT molecular complexity index is 85.7. The van der Waals surface area contributed by atoms with Crippen LogP contribution in [0.15, 0.2) is 0 Å². The van der Waals surface area contributed by atoms with Crippen molar-refractivity contribution in [3.8, 4) is 0 Å². The molecule has 0 atom stereocenters. The first kappa shape index (κ1) is 12.7. The molecule has 10 heavy (non-hydrogen) atoms. The second-order valence-corrected chi connectivity index (χ2v) is 2.03. The van der Waals surface area contributed by atoms with Gasteiger partial charge in [0.15, 0.2) is 0 Å². The van der Waals surface area contributed by atoms with E-state index in [1.54, 1.807) is 0 Å². The van der Waals surface area contributed by atoms with Crippen molar-refractivity contribution in [1.82, 2.24) is 5.32 Å². The molecule has 0 aromatic carbocycles. The van der Waals surface area contributed by atoms with E-state index in [0.29, 0.717) is 13.0 Å². The average molecular weight is 136 g/mol. The van der Waals surface area contributed by atoms with E-state index in [9.17, 15) is 4.79 Å². The first-order valence-corrected chi connectivity index (χ1v) is 3.51. The van der Waals surface area contributed by atoms with Crippen molar-refractivity contribution in [3.05, 3.63) is 0 Å². The van der Waals surface area contributed by atoms with E-state index < -0.39 is 0 Å². The van der Waals surface area contributed by atoms with Gasteiger partial charge in [0.2, 0.25) is 5.91 Å². The molecule has 1 amide bonds. The molecule has 0 aliphatic rings. The number of hydrogen-bond donors (Lipinski definition) is 0. The third-order valence-electron chi connectivity index (χ3n) is 0.976.